The number of ether oxygens (including phenoxy) is 1. The lowest BCUT2D eigenvalue weighted by Crippen LogP contribution is -2.37. The maximum Gasteiger partial charge on any atom is 0.218 e. The highest BCUT2D eigenvalue weighted by atomic mass is 19.1. The number of benzene rings is 1. The van der Waals surface area contributed by atoms with Crippen molar-refractivity contribution in [3.63, 3.8) is 0 Å². The van der Waals surface area contributed by atoms with E-state index in [0.717, 1.165) is 30.2 Å². The fraction of sp³-hybridized carbons (Fsp3) is 0.368. The van der Waals surface area contributed by atoms with Gasteiger partial charge in [0.1, 0.15) is 11.6 Å². The van der Waals surface area contributed by atoms with Gasteiger partial charge in [-0.2, -0.15) is 0 Å². The second kappa shape index (κ2) is 10.3. The van der Waals surface area contributed by atoms with Crippen molar-refractivity contribution < 1.29 is 13.5 Å². The van der Waals surface area contributed by atoms with Gasteiger partial charge in [-0.15, -0.1) is 0 Å². The number of hydrogen-bond acceptors (Lipinski definition) is 3. The lowest BCUT2D eigenvalue weighted by Gasteiger charge is -2.13. The van der Waals surface area contributed by atoms with Gasteiger partial charge >= 0.3 is 0 Å². The summed E-state index contributed by atoms with van der Waals surface area (Å²) in [5.74, 6) is 0.117. The van der Waals surface area contributed by atoms with Crippen molar-refractivity contribution in [3.8, 4) is 5.88 Å². The smallest absolute Gasteiger partial charge is 0.218 e. The largest absolute Gasteiger partial charge is 0.477 e. The summed E-state index contributed by atoms with van der Waals surface area (Å²) < 4.78 is 32.6. The van der Waals surface area contributed by atoms with E-state index in [1.807, 2.05) is 26.0 Å². The molecule has 0 saturated carbocycles. The summed E-state index contributed by atoms with van der Waals surface area (Å²) in [6, 6.07) is 7.10. The van der Waals surface area contributed by atoms with Gasteiger partial charge in [-0.3, -0.25) is 0 Å². The second-order valence-corrected chi connectivity index (χ2v) is 5.60. The normalized spacial score (nSPS) is 11.3. The van der Waals surface area contributed by atoms with Gasteiger partial charge in [0, 0.05) is 30.4 Å². The topological polar surface area (TPSA) is 58.5 Å². The molecular formula is C19H24F2N4O. The van der Waals surface area contributed by atoms with E-state index in [-0.39, 0.29) is 12.1 Å². The van der Waals surface area contributed by atoms with Crippen LogP contribution in [0.15, 0.2) is 41.5 Å². The predicted octanol–water partition coefficient (Wildman–Crippen LogP) is 3.40. The van der Waals surface area contributed by atoms with E-state index in [2.05, 4.69) is 20.6 Å². The van der Waals surface area contributed by atoms with Crippen LogP contribution < -0.4 is 15.4 Å². The lowest BCUT2D eigenvalue weighted by molar-refractivity contribution is 0.301. The van der Waals surface area contributed by atoms with Gasteiger partial charge < -0.3 is 15.4 Å². The minimum Gasteiger partial charge on any atom is -0.477 e. The van der Waals surface area contributed by atoms with Crippen molar-refractivity contribution in [2.75, 3.05) is 13.2 Å². The molecule has 0 atom stereocenters. The van der Waals surface area contributed by atoms with Crippen LogP contribution in [0.2, 0.25) is 0 Å². The number of halogens is 2. The Hall–Kier alpha value is -2.70. The van der Waals surface area contributed by atoms with Gasteiger partial charge in [0.05, 0.1) is 13.2 Å². The monoisotopic (exact) mass is 362 g/mol. The highest BCUT2D eigenvalue weighted by Gasteiger charge is 2.07. The molecule has 0 spiro atoms. The summed E-state index contributed by atoms with van der Waals surface area (Å²) in [4.78, 5) is 8.56. The summed E-state index contributed by atoms with van der Waals surface area (Å²) >= 11 is 0. The molecule has 0 bridgehead atoms. The molecule has 140 valence electrons. The second-order valence-electron chi connectivity index (χ2n) is 5.60. The third-order valence-corrected chi connectivity index (χ3v) is 3.50. The summed E-state index contributed by atoms with van der Waals surface area (Å²) in [6.07, 6.45) is 2.58. The summed E-state index contributed by atoms with van der Waals surface area (Å²) in [6.45, 7) is 5.68. The molecule has 1 aromatic carbocycles. The molecule has 26 heavy (non-hydrogen) atoms. The first-order chi connectivity index (χ1) is 12.6. The van der Waals surface area contributed by atoms with Gasteiger partial charge in [-0.25, -0.2) is 18.8 Å². The maximum atomic E-state index is 13.7. The molecule has 0 radical (unpaired) electrons. The molecule has 5 nitrogen and oxygen atoms in total. The van der Waals surface area contributed by atoms with Gasteiger partial charge in [0.15, 0.2) is 5.96 Å². The number of hydrogen-bond donors (Lipinski definition) is 2. The molecule has 0 unspecified atom stereocenters. The molecule has 2 rings (SSSR count). The van der Waals surface area contributed by atoms with Crippen LogP contribution >= 0.6 is 0 Å². The quantitative estimate of drug-likeness (QED) is 0.558. The van der Waals surface area contributed by atoms with Crippen molar-refractivity contribution in [3.05, 3.63) is 59.3 Å². The maximum absolute atomic E-state index is 13.7. The number of rotatable bonds is 8. The fourth-order valence-corrected chi connectivity index (χ4v) is 2.24. The van der Waals surface area contributed by atoms with Crippen LogP contribution in [-0.2, 0) is 13.1 Å². The molecule has 0 aliphatic heterocycles. The lowest BCUT2D eigenvalue weighted by atomic mass is 10.2. The van der Waals surface area contributed by atoms with E-state index in [0.29, 0.717) is 31.5 Å². The highest BCUT2D eigenvalue weighted by Crippen LogP contribution is 2.14. The summed E-state index contributed by atoms with van der Waals surface area (Å²) in [5.41, 5.74) is 1.10. The van der Waals surface area contributed by atoms with Gasteiger partial charge in [-0.1, -0.05) is 13.0 Å². The van der Waals surface area contributed by atoms with E-state index in [4.69, 9.17) is 4.74 Å². The highest BCUT2D eigenvalue weighted by molar-refractivity contribution is 5.79. The first-order valence-electron chi connectivity index (χ1n) is 8.66. The van der Waals surface area contributed by atoms with Crippen molar-refractivity contribution >= 4 is 5.96 Å². The molecule has 0 aliphatic carbocycles. The molecule has 2 aromatic rings. The molecule has 7 heteroatoms. The number of guanidine groups is 1. The predicted molar refractivity (Wildman–Crippen MR) is 98.0 cm³/mol. The average Bonchev–Trinajstić information content (AvgIpc) is 2.65. The minimum atomic E-state index is -0.484. The SMILES string of the molecule is CCCOc1ncccc1CNC(=NCc1cc(F)ccc1F)NCC. The zero-order valence-electron chi connectivity index (χ0n) is 15.1. The Bertz CT molecular complexity index is 737. The summed E-state index contributed by atoms with van der Waals surface area (Å²) in [7, 11) is 0. The number of nitrogens with one attached hydrogen (secondary N) is 2. The van der Waals surface area contributed by atoms with E-state index in [1.165, 1.54) is 0 Å². The van der Waals surface area contributed by atoms with Gasteiger partial charge in [-0.05, 0) is 37.6 Å². The van der Waals surface area contributed by atoms with E-state index in [9.17, 15) is 8.78 Å². The fourth-order valence-electron chi connectivity index (χ4n) is 2.24. The number of nitrogens with zero attached hydrogens (tertiary/aromatic N) is 2. The number of pyridine rings is 1. The Labute approximate surface area is 152 Å². The molecule has 2 N–H and O–H groups in total. The molecule has 1 aromatic heterocycles. The van der Waals surface area contributed by atoms with Crippen LogP contribution in [0.1, 0.15) is 31.4 Å². The summed E-state index contributed by atoms with van der Waals surface area (Å²) in [5, 5.41) is 6.24. The Balaban J connectivity index is 2.05. The van der Waals surface area contributed by atoms with Crippen LogP contribution in [0, 0.1) is 11.6 Å². The third-order valence-electron chi connectivity index (χ3n) is 3.50. The van der Waals surface area contributed by atoms with Crippen LogP contribution in [0.25, 0.3) is 0 Å². The Kier molecular flexibility index (Phi) is 7.79. The Morgan fingerprint density at radius 1 is 1.15 bits per heavy atom. The van der Waals surface area contributed by atoms with Crippen molar-refractivity contribution in [2.24, 2.45) is 4.99 Å². The van der Waals surface area contributed by atoms with Crippen LogP contribution in [0.5, 0.6) is 5.88 Å². The molecule has 0 saturated heterocycles. The van der Waals surface area contributed by atoms with E-state index < -0.39 is 11.6 Å². The molecule has 0 fully saturated rings. The zero-order valence-corrected chi connectivity index (χ0v) is 15.1. The third kappa shape index (κ3) is 5.98. The van der Waals surface area contributed by atoms with Crippen LogP contribution in [0.4, 0.5) is 8.78 Å². The number of aliphatic imine (C=N–C) groups is 1. The average molecular weight is 362 g/mol. The van der Waals surface area contributed by atoms with Gasteiger partial charge in [0.2, 0.25) is 5.88 Å². The first kappa shape index (κ1) is 19.6. The van der Waals surface area contributed by atoms with Gasteiger partial charge in [0.25, 0.3) is 0 Å². The van der Waals surface area contributed by atoms with E-state index >= 15 is 0 Å². The number of aromatic nitrogens is 1. The standard InChI is InChI=1S/C19H24F2N4O/c1-3-10-26-18-14(6-5-9-23-18)12-24-19(22-4-2)25-13-15-11-16(20)7-8-17(15)21/h5-9,11H,3-4,10,12-13H2,1-2H3,(H2,22,24,25). The van der Waals surface area contributed by atoms with E-state index in [1.54, 1.807) is 6.20 Å². The molecular weight excluding hydrogens is 338 g/mol. The van der Waals surface area contributed by atoms with Crippen molar-refractivity contribution in [1.82, 2.24) is 15.6 Å². The Morgan fingerprint density at radius 3 is 2.77 bits per heavy atom. The van der Waals surface area contributed by atoms with Crippen LogP contribution in [0.3, 0.4) is 0 Å². The zero-order chi connectivity index (χ0) is 18.8. The Morgan fingerprint density at radius 2 is 2.00 bits per heavy atom. The minimum absolute atomic E-state index is 0.0329. The molecule has 0 aliphatic rings. The van der Waals surface area contributed by atoms with Crippen molar-refractivity contribution in [2.45, 2.75) is 33.4 Å². The van der Waals surface area contributed by atoms with Crippen molar-refractivity contribution in [1.29, 1.82) is 0 Å². The molecule has 1 heterocycles. The molecule has 0 amide bonds. The first-order valence-corrected chi connectivity index (χ1v) is 8.66. The van der Waals surface area contributed by atoms with Crippen LogP contribution in [-0.4, -0.2) is 24.1 Å².